The number of thiol groups is 1. The molecule has 3 rings (SSSR count). The second kappa shape index (κ2) is 10.7. The Morgan fingerprint density at radius 2 is 1.87 bits per heavy atom. The van der Waals surface area contributed by atoms with Gasteiger partial charge in [-0.15, -0.1) is 0 Å². The number of rotatable bonds is 10. The first-order valence-electron chi connectivity index (χ1n) is 9.88. The predicted octanol–water partition coefficient (Wildman–Crippen LogP) is 4.42. The first kappa shape index (κ1) is 22.4. The Bertz CT molecular complexity index is 962. The highest BCUT2D eigenvalue weighted by Gasteiger charge is 2.22. The van der Waals surface area contributed by atoms with Crippen LogP contribution in [0.4, 0.5) is 0 Å². The van der Waals surface area contributed by atoms with E-state index < -0.39 is 12.0 Å². The summed E-state index contributed by atoms with van der Waals surface area (Å²) in [4.78, 5) is 16.1. The smallest absolute Gasteiger partial charge is 0.321 e. The van der Waals surface area contributed by atoms with Crippen molar-refractivity contribution >= 4 is 30.2 Å². The Kier molecular flexibility index (Phi) is 7.96. The average molecular weight is 444 g/mol. The highest BCUT2D eigenvalue weighted by atomic mass is 35.5. The van der Waals surface area contributed by atoms with Crippen LogP contribution in [0.25, 0.3) is 0 Å². The van der Waals surface area contributed by atoms with Crippen molar-refractivity contribution in [2.45, 2.75) is 43.6 Å². The molecule has 2 unspecified atom stereocenters. The van der Waals surface area contributed by atoms with E-state index in [0.29, 0.717) is 19.4 Å². The highest BCUT2D eigenvalue weighted by Crippen LogP contribution is 2.27. The van der Waals surface area contributed by atoms with Gasteiger partial charge in [0.2, 0.25) is 0 Å². The van der Waals surface area contributed by atoms with Crippen LogP contribution in [-0.2, 0) is 24.2 Å². The van der Waals surface area contributed by atoms with Crippen molar-refractivity contribution in [1.29, 1.82) is 0 Å². The Balaban J connectivity index is 1.74. The lowest BCUT2D eigenvalue weighted by atomic mass is 10.0. The van der Waals surface area contributed by atoms with Crippen molar-refractivity contribution < 1.29 is 9.90 Å². The van der Waals surface area contributed by atoms with Gasteiger partial charge < -0.3 is 9.67 Å². The summed E-state index contributed by atoms with van der Waals surface area (Å²) in [6.07, 6.45) is 4.67. The molecule has 5 nitrogen and oxygen atoms in total. The fourth-order valence-corrected chi connectivity index (χ4v) is 3.94. The van der Waals surface area contributed by atoms with Crippen LogP contribution in [0.15, 0.2) is 67.1 Å². The van der Waals surface area contributed by atoms with E-state index in [4.69, 9.17) is 24.2 Å². The summed E-state index contributed by atoms with van der Waals surface area (Å²) in [7, 11) is 0. The Hall–Kier alpha value is -2.28. The minimum atomic E-state index is -0.875. The molecule has 1 heterocycles. The number of nitrogens with zero attached hydrogens (tertiary/aromatic N) is 2. The summed E-state index contributed by atoms with van der Waals surface area (Å²) >= 11 is 11.1. The Morgan fingerprint density at radius 1 is 1.17 bits per heavy atom. The third-order valence-electron chi connectivity index (χ3n) is 5.16. The van der Waals surface area contributed by atoms with Gasteiger partial charge in [-0.05, 0) is 30.0 Å². The molecule has 158 valence electrons. The van der Waals surface area contributed by atoms with E-state index in [0.717, 1.165) is 21.8 Å². The largest absolute Gasteiger partial charge is 0.480 e. The predicted molar refractivity (Wildman–Crippen MR) is 123 cm³/mol. The zero-order chi connectivity index (χ0) is 21.5. The molecule has 0 fully saturated rings. The molecule has 2 aromatic carbocycles. The normalized spacial score (nSPS) is 14.2. The molecular weight excluding hydrogens is 418 g/mol. The van der Waals surface area contributed by atoms with Gasteiger partial charge in [0, 0.05) is 23.0 Å². The van der Waals surface area contributed by atoms with Crippen molar-refractivity contribution in [3.8, 4) is 0 Å². The van der Waals surface area contributed by atoms with Gasteiger partial charge in [-0.1, -0.05) is 67.1 Å². The van der Waals surface area contributed by atoms with Gasteiger partial charge in [0.1, 0.15) is 6.04 Å². The van der Waals surface area contributed by atoms with Crippen LogP contribution in [0.1, 0.15) is 29.8 Å². The molecule has 3 aromatic rings. The topological polar surface area (TPSA) is 67.2 Å². The van der Waals surface area contributed by atoms with Gasteiger partial charge in [0.15, 0.2) is 0 Å². The molecule has 30 heavy (non-hydrogen) atoms. The summed E-state index contributed by atoms with van der Waals surface area (Å²) in [5.74, 6) is -0.875. The van der Waals surface area contributed by atoms with Crippen LogP contribution in [-0.4, -0.2) is 31.9 Å². The lowest BCUT2D eigenvalue weighted by Crippen LogP contribution is -2.38. The van der Waals surface area contributed by atoms with E-state index >= 15 is 0 Å². The van der Waals surface area contributed by atoms with Crippen LogP contribution >= 0.6 is 24.2 Å². The van der Waals surface area contributed by atoms with Crippen molar-refractivity contribution in [2.75, 3.05) is 0 Å². The van der Waals surface area contributed by atoms with Gasteiger partial charge in [0.05, 0.1) is 18.1 Å². The number of carboxylic acid groups (broad SMARTS) is 1. The number of hydrogen-bond donors (Lipinski definition) is 3. The molecule has 1 aromatic heterocycles. The number of hydrogen-bond acceptors (Lipinski definition) is 4. The number of imidazole rings is 1. The molecule has 0 saturated heterocycles. The summed E-state index contributed by atoms with van der Waals surface area (Å²) in [6, 6.07) is 16.7. The van der Waals surface area contributed by atoms with Crippen LogP contribution in [0.3, 0.4) is 0 Å². The summed E-state index contributed by atoms with van der Waals surface area (Å²) in [5.41, 5.74) is 2.93. The molecule has 0 bridgehead atoms. The van der Waals surface area contributed by atoms with Crippen molar-refractivity contribution in [1.82, 2.24) is 14.9 Å². The molecule has 0 aliphatic carbocycles. The van der Waals surface area contributed by atoms with Gasteiger partial charge >= 0.3 is 5.97 Å². The maximum atomic E-state index is 11.8. The number of nitrogens with one attached hydrogen (secondary N) is 1. The van der Waals surface area contributed by atoms with Gasteiger partial charge in [0.25, 0.3) is 0 Å². The molecule has 0 radical (unpaired) electrons. The maximum absolute atomic E-state index is 11.8. The number of halogens is 1. The quantitative estimate of drug-likeness (QED) is 0.406. The molecule has 2 N–H and O–H groups in total. The van der Waals surface area contributed by atoms with Crippen LogP contribution in [0.5, 0.6) is 0 Å². The summed E-state index contributed by atoms with van der Waals surface area (Å²) in [6.45, 7) is 2.43. The number of aromatic nitrogens is 2. The molecular formula is C23H26ClN3O2S. The van der Waals surface area contributed by atoms with Gasteiger partial charge in [-0.25, -0.2) is 4.98 Å². The number of benzene rings is 2. The lowest BCUT2D eigenvalue weighted by Gasteiger charge is -2.25. The summed E-state index contributed by atoms with van der Waals surface area (Å²) in [5, 5.41) is 13.6. The van der Waals surface area contributed by atoms with E-state index in [2.05, 4.69) is 14.9 Å². The van der Waals surface area contributed by atoms with Gasteiger partial charge in [-0.2, -0.15) is 12.6 Å². The summed E-state index contributed by atoms with van der Waals surface area (Å²) < 4.78 is 2.06. The van der Waals surface area contributed by atoms with Crippen molar-refractivity contribution in [3.63, 3.8) is 0 Å². The standard InChI is InChI=1S/C23H26ClN3O2S/c1-16(30)22(12-18-9-5-6-10-20(18)24)27-15-25-13-19(27)14-26-21(23(28)29)11-17-7-3-2-4-8-17/h2-10,13,15-16,21-22,26,30H,11-12,14H2,1H3,(H,28,29)/t16?,21-,22?/m0/s1. The monoisotopic (exact) mass is 443 g/mol. The van der Waals surface area contributed by atoms with Crippen LogP contribution in [0.2, 0.25) is 5.02 Å². The third kappa shape index (κ3) is 5.88. The molecule has 0 aliphatic heterocycles. The van der Waals surface area contributed by atoms with Crippen molar-refractivity contribution in [2.24, 2.45) is 0 Å². The average Bonchev–Trinajstić information content (AvgIpc) is 3.19. The van der Waals surface area contributed by atoms with E-state index in [1.165, 1.54) is 0 Å². The second-order valence-electron chi connectivity index (χ2n) is 7.36. The highest BCUT2D eigenvalue weighted by molar-refractivity contribution is 7.80. The molecule has 0 amide bonds. The zero-order valence-corrected chi connectivity index (χ0v) is 18.4. The lowest BCUT2D eigenvalue weighted by molar-refractivity contribution is -0.139. The minimum absolute atomic E-state index is 0.0323. The first-order valence-corrected chi connectivity index (χ1v) is 10.8. The molecule has 0 aliphatic rings. The molecule has 0 spiro atoms. The van der Waals surface area contributed by atoms with E-state index in [-0.39, 0.29) is 11.3 Å². The Morgan fingerprint density at radius 3 is 2.53 bits per heavy atom. The van der Waals surface area contributed by atoms with E-state index in [1.807, 2.05) is 61.5 Å². The molecule has 3 atom stereocenters. The zero-order valence-electron chi connectivity index (χ0n) is 16.8. The van der Waals surface area contributed by atoms with E-state index in [1.54, 1.807) is 12.5 Å². The first-order chi connectivity index (χ1) is 14.5. The number of aliphatic carboxylic acids is 1. The Labute approximate surface area is 187 Å². The fraction of sp³-hybridized carbons (Fsp3) is 0.304. The minimum Gasteiger partial charge on any atom is -0.480 e. The van der Waals surface area contributed by atoms with Crippen LogP contribution < -0.4 is 5.32 Å². The van der Waals surface area contributed by atoms with Gasteiger partial charge in [-0.3, -0.25) is 10.1 Å². The SMILES string of the molecule is CC(S)C(Cc1ccccc1Cl)n1cncc1CN[C@@H](Cc1ccccc1)C(=O)O. The fourth-order valence-electron chi connectivity index (χ4n) is 3.48. The maximum Gasteiger partial charge on any atom is 0.321 e. The van der Waals surface area contributed by atoms with E-state index in [9.17, 15) is 9.90 Å². The number of carbonyl (C=O) groups is 1. The number of carboxylic acids is 1. The molecule has 0 saturated carbocycles. The molecule has 7 heteroatoms. The second-order valence-corrected chi connectivity index (χ2v) is 8.58. The van der Waals surface area contributed by atoms with Crippen LogP contribution in [0, 0.1) is 0 Å². The third-order valence-corrected chi connectivity index (χ3v) is 5.87. The van der Waals surface area contributed by atoms with Crippen molar-refractivity contribution in [3.05, 3.63) is 89.0 Å².